The van der Waals surface area contributed by atoms with Gasteiger partial charge in [-0.3, -0.25) is 4.90 Å². The van der Waals surface area contributed by atoms with Crippen LogP contribution in [0.25, 0.3) is 0 Å². The molecule has 1 aliphatic rings. The maximum Gasteiger partial charge on any atom is 0.213 e. The van der Waals surface area contributed by atoms with Crippen molar-refractivity contribution in [3.63, 3.8) is 0 Å². The molecule has 0 atom stereocenters. The van der Waals surface area contributed by atoms with E-state index in [-0.39, 0.29) is 5.54 Å². The Morgan fingerprint density at radius 3 is 2.84 bits per heavy atom. The van der Waals surface area contributed by atoms with E-state index in [4.69, 9.17) is 4.74 Å². The first-order chi connectivity index (χ1) is 9.21. The zero-order chi connectivity index (χ0) is 13.7. The van der Waals surface area contributed by atoms with Crippen LogP contribution in [0.4, 0.5) is 0 Å². The van der Waals surface area contributed by atoms with Crippen LogP contribution in [0.5, 0.6) is 5.88 Å². The Labute approximate surface area is 116 Å². The molecule has 2 heterocycles. The monoisotopic (exact) mass is 263 g/mol. The van der Waals surface area contributed by atoms with Gasteiger partial charge in [-0.1, -0.05) is 19.9 Å². The molecule has 0 aliphatic carbocycles. The van der Waals surface area contributed by atoms with Crippen LogP contribution in [-0.2, 0) is 6.54 Å². The van der Waals surface area contributed by atoms with E-state index in [2.05, 4.69) is 35.1 Å². The van der Waals surface area contributed by atoms with Crippen LogP contribution >= 0.6 is 0 Å². The second-order valence-electron chi connectivity index (χ2n) is 5.30. The van der Waals surface area contributed by atoms with Crippen LogP contribution in [0.2, 0.25) is 0 Å². The quantitative estimate of drug-likeness (QED) is 0.882. The second kappa shape index (κ2) is 6.35. The number of piperazine rings is 1. The highest BCUT2D eigenvalue weighted by Gasteiger charge is 2.31. The van der Waals surface area contributed by atoms with Crippen molar-refractivity contribution in [3.05, 3.63) is 23.9 Å². The molecule has 1 saturated heterocycles. The van der Waals surface area contributed by atoms with E-state index in [1.165, 1.54) is 12.8 Å². The van der Waals surface area contributed by atoms with E-state index >= 15 is 0 Å². The second-order valence-corrected chi connectivity index (χ2v) is 5.30. The average Bonchev–Trinajstić information content (AvgIpc) is 2.47. The zero-order valence-corrected chi connectivity index (χ0v) is 12.3. The number of aromatic nitrogens is 1. The number of pyridine rings is 1. The van der Waals surface area contributed by atoms with Crippen LogP contribution in [0, 0.1) is 0 Å². The summed E-state index contributed by atoms with van der Waals surface area (Å²) in [4.78, 5) is 6.99. The molecule has 2 rings (SSSR count). The SMILES string of the molecule is CCC1(CC)CN(Cc2cccc(OC)n2)CCN1. The lowest BCUT2D eigenvalue weighted by Crippen LogP contribution is -2.59. The smallest absolute Gasteiger partial charge is 0.213 e. The molecule has 4 heteroatoms. The Balaban J connectivity index is 2.02. The normalized spacial score (nSPS) is 19.3. The predicted octanol–water partition coefficient (Wildman–Crippen LogP) is 2.05. The van der Waals surface area contributed by atoms with Crippen LogP contribution in [0.3, 0.4) is 0 Å². The molecule has 0 saturated carbocycles. The molecule has 106 valence electrons. The van der Waals surface area contributed by atoms with Gasteiger partial charge in [0, 0.05) is 37.8 Å². The minimum Gasteiger partial charge on any atom is -0.481 e. The highest BCUT2D eigenvalue weighted by molar-refractivity contribution is 5.15. The zero-order valence-electron chi connectivity index (χ0n) is 12.3. The van der Waals surface area contributed by atoms with Gasteiger partial charge in [-0.05, 0) is 18.9 Å². The van der Waals surface area contributed by atoms with Gasteiger partial charge in [-0.15, -0.1) is 0 Å². The molecule has 19 heavy (non-hydrogen) atoms. The summed E-state index contributed by atoms with van der Waals surface area (Å²) in [7, 11) is 1.66. The van der Waals surface area contributed by atoms with Gasteiger partial charge in [0.05, 0.1) is 12.8 Å². The van der Waals surface area contributed by atoms with E-state index in [0.717, 1.165) is 31.9 Å². The molecule has 4 nitrogen and oxygen atoms in total. The maximum atomic E-state index is 5.19. The van der Waals surface area contributed by atoms with E-state index < -0.39 is 0 Å². The fourth-order valence-electron chi connectivity index (χ4n) is 2.79. The van der Waals surface area contributed by atoms with Crippen molar-refractivity contribution in [3.8, 4) is 5.88 Å². The molecule has 0 spiro atoms. The van der Waals surface area contributed by atoms with Crippen molar-refractivity contribution in [2.45, 2.75) is 38.8 Å². The molecule has 1 aromatic rings. The topological polar surface area (TPSA) is 37.4 Å². The first kappa shape index (κ1) is 14.3. The van der Waals surface area contributed by atoms with Gasteiger partial charge in [0.15, 0.2) is 0 Å². The Morgan fingerprint density at radius 2 is 2.16 bits per heavy atom. The number of hydrogen-bond donors (Lipinski definition) is 1. The molecule has 0 aromatic carbocycles. The van der Waals surface area contributed by atoms with Crippen molar-refractivity contribution in [1.29, 1.82) is 0 Å². The number of nitrogens with one attached hydrogen (secondary N) is 1. The molecule has 0 radical (unpaired) electrons. The summed E-state index contributed by atoms with van der Waals surface area (Å²) < 4.78 is 5.19. The van der Waals surface area contributed by atoms with Gasteiger partial charge in [0.1, 0.15) is 0 Å². The average molecular weight is 263 g/mol. The summed E-state index contributed by atoms with van der Waals surface area (Å²) in [5.41, 5.74) is 1.36. The van der Waals surface area contributed by atoms with Crippen LogP contribution in [0.15, 0.2) is 18.2 Å². The van der Waals surface area contributed by atoms with Gasteiger partial charge < -0.3 is 10.1 Å². The fraction of sp³-hybridized carbons (Fsp3) is 0.667. The Morgan fingerprint density at radius 1 is 1.37 bits per heavy atom. The summed E-state index contributed by atoms with van der Waals surface area (Å²) >= 11 is 0. The lowest BCUT2D eigenvalue weighted by Gasteiger charge is -2.43. The molecular formula is C15H25N3O. The predicted molar refractivity (Wildman–Crippen MR) is 77.4 cm³/mol. The summed E-state index contributed by atoms with van der Waals surface area (Å²) in [5.74, 6) is 0.699. The number of hydrogen-bond acceptors (Lipinski definition) is 4. The van der Waals surface area contributed by atoms with Crippen molar-refractivity contribution in [1.82, 2.24) is 15.2 Å². The van der Waals surface area contributed by atoms with Crippen LogP contribution in [0.1, 0.15) is 32.4 Å². The summed E-state index contributed by atoms with van der Waals surface area (Å²) in [5, 5.41) is 3.68. The number of methoxy groups -OCH3 is 1. The van der Waals surface area contributed by atoms with Gasteiger partial charge in [0.25, 0.3) is 0 Å². The minimum absolute atomic E-state index is 0.275. The molecular weight excluding hydrogens is 238 g/mol. The van der Waals surface area contributed by atoms with Gasteiger partial charge in [-0.2, -0.15) is 0 Å². The Kier molecular flexibility index (Phi) is 4.77. The third-order valence-corrected chi connectivity index (χ3v) is 4.18. The van der Waals surface area contributed by atoms with Crippen LogP contribution < -0.4 is 10.1 Å². The molecule has 1 fully saturated rings. The molecule has 0 unspecified atom stereocenters. The van der Waals surface area contributed by atoms with Crippen molar-refractivity contribution in [2.75, 3.05) is 26.7 Å². The summed E-state index contributed by atoms with van der Waals surface area (Å²) in [6.07, 6.45) is 2.34. The maximum absolute atomic E-state index is 5.19. The Hall–Kier alpha value is -1.13. The van der Waals surface area contributed by atoms with Gasteiger partial charge >= 0.3 is 0 Å². The van der Waals surface area contributed by atoms with Crippen molar-refractivity contribution < 1.29 is 4.74 Å². The fourth-order valence-corrected chi connectivity index (χ4v) is 2.79. The third-order valence-electron chi connectivity index (χ3n) is 4.18. The highest BCUT2D eigenvalue weighted by Crippen LogP contribution is 2.21. The standard InChI is InChI=1S/C15H25N3O/c1-4-15(5-2)12-18(10-9-16-15)11-13-7-6-8-14(17-13)19-3/h6-8,16H,4-5,9-12H2,1-3H3. The van der Waals surface area contributed by atoms with E-state index in [1.54, 1.807) is 7.11 Å². The van der Waals surface area contributed by atoms with E-state index in [9.17, 15) is 0 Å². The lowest BCUT2D eigenvalue weighted by atomic mass is 9.90. The molecule has 1 aromatic heterocycles. The van der Waals surface area contributed by atoms with Gasteiger partial charge in [0.2, 0.25) is 5.88 Å². The number of nitrogens with zero attached hydrogens (tertiary/aromatic N) is 2. The van der Waals surface area contributed by atoms with Crippen molar-refractivity contribution >= 4 is 0 Å². The summed E-state index contributed by atoms with van der Waals surface area (Å²) in [6, 6.07) is 5.98. The van der Waals surface area contributed by atoms with E-state index in [0.29, 0.717) is 5.88 Å². The third kappa shape index (κ3) is 3.45. The summed E-state index contributed by atoms with van der Waals surface area (Å²) in [6.45, 7) is 8.68. The first-order valence-corrected chi connectivity index (χ1v) is 7.18. The number of rotatable bonds is 5. The largest absolute Gasteiger partial charge is 0.481 e. The number of ether oxygens (including phenoxy) is 1. The first-order valence-electron chi connectivity index (χ1n) is 7.18. The Bertz CT molecular complexity index is 404. The van der Waals surface area contributed by atoms with E-state index in [1.807, 2.05) is 12.1 Å². The molecule has 1 N–H and O–H groups in total. The van der Waals surface area contributed by atoms with Gasteiger partial charge in [-0.25, -0.2) is 4.98 Å². The van der Waals surface area contributed by atoms with Crippen LogP contribution in [-0.4, -0.2) is 42.2 Å². The molecule has 0 bridgehead atoms. The van der Waals surface area contributed by atoms with Crippen molar-refractivity contribution in [2.24, 2.45) is 0 Å². The molecule has 0 amide bonds. The highest BCUT2D eigenvalue weighted by atomic mass is 16.5. The molecule has 1 aliphatic heterocycles. The lowest BCUT2D eigenvalue weighted by molar-refractivity contribution is 0.117. The minimum atomic E-state index is 0.275.